The standard InChI is InChI=1S/C22H25F3N2O5S/c1-15(14-32-20-7-3-2-6-19(20)22(23,24)25)27-21(28)16-8-10-18(11-9-16)33(29,30)26-13-17-5-4-12-31-17/h2-3,6-11,15,17,26H,4-5,12-14H2,1H3,(H,27,28). The average molecular weight is 487 g/mol. The lowest BCUT2D eigenvalue weighted by Crippen LogP contribution is -2.37. The Morgan fingerprint density at radius 3 is 2.52 bits per heavy atom. The largest absolute Gasteiger partial charge is 0.491 e. The summed E-state index contributed by atoms with van der Waals surface area (Å²) in [5, 5.41) is 2.62. The van der Waals surface area contributed by atoms with E-state index in [1.165, 1.54) is 42.5 Å². The molecule has 180 valence electrons. The maximum Gasteiger partial charge on any atom is 0.419 e. The molecule has 0 bridgehead atoms. The Labute approximate surface area is 190 Å². The van der Waals surface area contributed by atoms with Gasteiger partial charge in [-0.05, 0) is 56.2 Å². The molecule has 7 nitrogen and oxygen atoms in total. The summed E-state index contributed by atoms with van der Waals surface area (Å²) in [6.45, 7) is 2.20. The number of ether oxygens (including phenoxy) is 2. The Morgan fingerprint density at radius 2 is 1.88 bits per heavy atom. The summed E-state index contributed by atoms with van der Waals surface area (Å²) in [4.78, 5) is 12.4. The second-order valence-electron chi connectivity index (χ2n) is 7.69. The Hall–Kier alpha value is -2.63. The first kappa shape index (κ1) is 25.0. The number of rotatable bonds is 9. The highest BCUT2D eigenvalue weighted by molar-refractivity contribution is 7.89. The van der Waals surface area contributed by atoms with Crippen LogP contribution < -0.4 is 14.8 Å². The minimum absolute atomic E-state index is 0.0113. The van der Waals surface area contributed by atoms with Crippen LogP contribution in [0.1, 0.15) is 35.7 Å². The first-order chi connectivity index (χ1) is 15.6. The lowest BCUT2D eigenvalue weighted by Gasteiger charge is -2.18. The van der Waals surface area contributed by atoms with Crippen molar-refractivity contribution < 1.29 is 35.9 Å². The minimum Gasteiger partial charge on any atom is -0.491 e. The topological polar surface area (TPSA) is 93.7 Å². The van der Waals surface area contributed by atoms with Crippen LogP contribution in [0.25, 0.3) is 0 Å². The third-order valence-electron chi connectivity index (χ3n) is 5.01. The number of carbonyl (C=O) groups excluding carboxylic acids is 1. The van der Waals surface area contributed by atoms with Gasteiger partial charge in [0.15, 0.2) is 0 Å². The Morgan fingerprint density at radius 1 is 1.18 bits per heavy atom. The fraction of sp³-hybridized carbons (Fsp3) is 0.409. The third kappa shape index (κ3) is 6.92. The van der Waals surface area contributed by atoms with Crippen molar-refractivity contribution in [3.05, 3.63) is 59.7 Å². The minimum atomic E-state index is -4.55. The number of para-hydroxylation sites is 1. The molecule has 1 fully saturated rings. The predicted octanol–water partition coefficient (Wildman–Crippen LogP) is 3.36. The summed E-state index contributed by atoms with van der Waals surface area (Å²) in [5.41, 5.74) is -0.691. The summed E-state index contributed by atoms with van der Waals surface area (Å²) in [6.07, 6.45) is -3.00. The summed E-state index contributed by atoms with van der Waals surface area (Å²) in [6, 6.07) is 9.58. The number of alkyl halides is 3. The normalized spacial score (nSPS) is 17.5. The number of halogens is 3. The molecule has 0 saturated carbocycles. The van der Waals surface area contributed by atoms with Gasteiger partial charge in [0, 0.05) is 18.7 Å². The molecule has 1 aliphatic heterocycles. The van der Waals surface area contributed by atoms with Crippen LogP contribution in [-0.4, -0.2) is 46.2 Å². The van der Waals surface area contributed by atoms with Crippen molar-refractivity contribution in [1.82, 2.24) is 10.0 Å². The number of amides is 1. The number of hydrogen-bond acceptors (Lipinski definition) is 5. The van der Waals surface area contributed by atoms with Crippen molar-refractivity contribution >= 4 is 15.9 Å². The van der Waals surface area contributed by atoms with E-state index in [1.807, 2.05) is 0 Å². The first-order valence-electron chi connectivity index (χ1n) is 10.4. The van der Waals surface area contributed by atoms with Crippen molar-refractivity contribution in [1.29, 1.82) is 0 Å². The van der Waals surface area contributed by atoms with Gasteiger partial charge in [0.05, 0.1) is 22.6 Å². The Balaban J connectivity index is 1.54. The smallest absolute Gasteiger partial charge is 0.419 e. The van der Waals surface area contributed by atoms with E-state index in [9.17, 15) is 26.4 Å². The molecule has 33 heavy (non-hydrogen) atoms. The molecule has 0 aromatic heterocycles. The van der Waals surface area contributed by atoms with Gasteiger partial charge in [0.1, 0.15) is 12.4 Å². The van der Waals surface area contributed by atoms with E-state index in [0.717, 1.165) is 18.9 Å². The van der Waals surface area contributed by atoms with E-state index in [1.54, 1.807) is 6.92 Å². The van der Waals surface area contributed by atoms with Crippen molar-refractivity contribution in [3.8, 4) is 5.75 Å². The molecular weight excluding hydrogens is 461 g/mol. The van der Waals surface area contributed by atoms with Crippen LogP contribution in [-0.2, 0) is 20.9 Å². The van der Waals surface area contributed by atoms with Crippen LogP contribution in [0.4, 0.5) is 13.2 Å². The Kier molecular flexibility index (Phi) is 7.98. The molecule has 1 heterocycles. The average Bonchev–Trinajstić information content (AvgIpc) is 3.30. The van der Waals surface area contributed by atoms with Gasteiger partial charge < -0.3 is 14.8 Å². The first-order valence-corrected chi connectivity index (χ1v) is 11.9. The molecule has 2 aromatic carbocycles. The lowest BCUT2D eigenvalue weighted by molar-refractivity contribution is -0.139. The molecule has 3 rings (SSSR count). The summed E-state index contributed by atoms with van der Waals surface area (Å²) < 4.78 is 77.1. The number of sulfonamides is 1. The number of benzene rings is 2. The summed E-state index contributed by atoms with van der Waals surface area (Å²) in [5.74, 6) is -0.831. The van der Waals surface area contributed by atoms with E-state index < -0.39 is 33.7 Å². The fourth-order valence-electron chi connectivity index (χ4n) is 3.27. The van der Waals surface area contributed by atoms with Crippen LogP contribution in [0, 0.1) is 0 Å². The van der Waals surface area contributed by atoms with Gasteiger partial charge in [0.2, 0.25) is 10.0 Å². The fourth-order valence-corrected chi connectivity index (χ4v) is 4.33. The van der Waals surface area contributed by atoms with E-state index >= 15 is 0 Å². The number of nitrogens with one attached hydrogen (secondary N) is 2. The van der Waals surface area contributed by atoms with Gasteiger partial charge >= 0.3 is 6.18 Å². The van der Waals surface area contributed by atoms with Crippen LogP contribution in [0.3, 0.4) is 0 Å². The molecule has 2 aromatic rings. The highest BCUT2D eigenvalue weighted by atomic mass is 32.2. The van der Waals surface area contributed by atoms with Crippen LogP contribution in [0.5, 0.6) is 5.75 Å². The zero-order valence-corrected chi connectivity index (χ0v) is 18.7. The van der Waals surface area contributed by atoms with Crippen LogP contribution >= 0.6 is 0 Å². The zero-order valence-electron chi connectivity index (χ0n) is 17.9. The second kappa shape index (κ2) is 10.5. The predicted molar refractivity (Wildman–Crippen MR) is 114 cm³/mol. The molecule has 1 saturated heterocycles. The maximum atomic E-state index is 13.0. The molecule has 0 aliphatic carbocycles. The van der Waals surface area contributed by atoms with E-state index in [0.29, 0.717) is 6.61 Å². The highest BCUT2D eigenvalue weighted by Crippen LogP contribution is 2.35. The van der Waals surface area contributed by atoms with Gasteiger partial charge in [-0.1, -0.05) is 12.1 Å². The van der Waals surface area contributed by atoms with Crippen LogP contribution in [0.2, 0.25) is 0 Å². The molecule has 0 radical (unpaired) electrons. The lowest BCUT2D eigenvalue weighted by atomic mass is 10.2. The molecule has 2 N–H and O–H groups in total. The van der Waals surface area contributed by atoms with Crippen LogP contribution in [0.15, 0.2) is 53.4 Å². The van der Waals surface area contributed by atoms with E-state index in [2.05, 4.69) is 10.0 Å². The summed E-state index contributed by atoms with van der Waals surface area (Å²) in [7, 11) is -3.74. The molecule has 0 spiro atoms. The SMILES string of the molecule is CC(COc1ccccc1C(F)(F)F)NC(=O)c1ccc(S(=O)(=O)NCC2CCCO2)cc1. The van der Waals surface area contributed by atoms with Crippen molar-refractivity contribution in [2.45, 2.75) is 43.0 Å². The maximum absolute atomic E-state index is 13.0. The van der Waals surface area contributed by atoms with Gasteiger partial charge in [-0.25, -0.2) is 13.1 Å². The molecular formula is C22H25F3N2O5S. The molecule has 1 aliphatic rings. The van der Waals surface area contributed by atoms with Gasteiger partial charge in [-0.3, -0.25) is 4.79 Å². The molecule has 2 unspecified atom stereocenters. The summed E-state index contributed by atoms with van der Waals surface area (Å²) >= 11 is 0. The van der Waals surface area contributed by atoms with Gasteiger partial charge in [-0.15, -0.1) is 0 Å². The van der Waals surface area contributed by atoms with Gasteiger partial charge in [-0.2, -0.15) is 13.2 Å². The van der Waals surface area contributed by atoms with E-state index in [4.69, 9.17) is 9.47 Å². The molecule has 1 amide bonds. The van der Waals surface area contributed by atoms with E-state index in [-0.39, 0.29) is 35.5 Å². The van der Waals surface area contributed by atoms with Gasteiger partial charge in [0.25, 0.3) is 5.91 Å². The quantitative estimate of drug-likeness (QED) is 0.567. The third-order valence-corrected chi connectivity index (χ3v) is 6.45. The number of hydrogen-bond donors (Lipinski definition) is 2. The molecule has 2 atom stereocenters. The van der Waals surface area contributed by atoms with Crippen molar-refractivity contribution in [2.24, 2.45) is 0 Å². The zero-order chi connectivity index (χ0) is 24.1. The molecule has 11 heteroatoms. The van der Waals surface area contributed by atoms with Crippen molar-refractivity contribution in [2.75, 3.05) is 19.8 Å². The second-order valence-corrected chi connectivity index (χ2v) is 9.46. The number of carbonyl (C=O) groups is 1. The van der Waals surface area contributed by atoms with Crippen molar-refractivity contribution in [3.63, 3.8) is 0 Å². The Bertz CT molecular complexity index is 1050. The monoisotopic (exact) mass is 486 g/mol. The highest BCUT2D eigenvalue weighted by Gasteiger charge is 2.34.